The lowest BCUT2D eigenvalue weighted by molar-refractivity contribution is -0.127. The number of aromatic nitrogens is 1. The van der Waals surface area contributed by atoms with Crippen molar-refractivity contribution in [2.24, 2.45) is 0 Å². The fourth-order valence-electron chi connectivity index (χ4n) is 2.53. The number of benzene rings is 1. The third kappa shape index (κ3) is 6.12. The summed E-state index contributed by atoms with van der Waals surface area (Å²) in [5.74, 6) is 0.431. The van der Waals surface area contributed by atoms with Crippen LogP contribution >= 0.6 is 22.7 Å². The minimum Gasteiger partial charge on any atom is -0.497 e. The normalized spacial score (nSPS) is 11.7. The number of thiazole rings is 1. The number of thiophene rings is 1. The molecule has 1 unspecified atom stereocenters. The highest BCUT2D eigenvalue weighted by atomic mass is 32.1. The number of ether oxygens (including phenoxy) is 2. The van der Waals surface area contributed by atoms with Gasteiger partial charge in [-0.25, -0.2) is 4.98 Å². The van der Waals surface area contributed by atoms with Gasteiger partial charge in [0.25, 0.3) is 5.91 Å². The van der Waals surface area contributed by atoms with Crippen molar-refractivity contribution in [3.63, 3.8) is 0 Å². The molecule has 0 saturated carbocycles. The van der Waals surface area contributed by atoms with Crippen molar-refractivity contribution in [3.05, 3.63) is 52.2 Å². The first-order chi connectivity index (χ1) is 14.4. The second-order valence-electron chi connectivity index (χ2n) is 6.51. The van der Waals surface area contributed by atoms with E-state index < -0.39 is 6.10 Å². The Hall–Kier alpha value is -2.75. The lowest BCUT2D eigenvalue weighted by Crippen LogP contribution is -2.27. The Bertz CT molecular complexity index is 1020. The molecule has 2 N–H and O–H groups in total. The van der Waals surface area contributed by atoms with Crippen LogP contribution in [0.4, 0.5) is 5.13 Å². The number of methoxy groups -OCH3 is 1. The molecule has 0 radical (unpaired) electrons. The molecule has 3 aromatic rings. The van der Waals surface area contributed by atoms with Crippen LogP contribution in [0.2, 0.25) is 0 Å². The molecule has 0 aliphatic rings. The Morgan fingerprint density at radius 3 is 2.83 bits per heavy atom. The van der Waals surface area contributed by atoms with E-state index in [4.69, 9.17) is 9.47 Å². The fraction of sp³-hybridized carbons (Fsp3) is 0.286. The van der Waals surface area contributed by atoms with Crippen LogP contribution in [0.15, 0.2) is 41.8 Å². The number of carbonyl (C=O) groups is 2. The van der Waals surface area contributed by atoms with Gasteiger partial charge in [-0.15, -0.1) is 22.7 Å². The molecule has 2 heterocycles. The third-order valence-electron chi connectivity index (χ3n) is 4.16. The summed E-state index contributed by atoms with van der Waals surface area (Å²) < 4.78 is 10.9. The molecule has 0 aliphatic carbocycles. The van der Waals surface area contributed by atoms with Gasteiger partial charge in [0, 0.05) is 17.2 Å². The van der Waals surface area contributed by atoms with E-state index >= 15 is 0 Å². The lowest BCUT2D eigenvalue weighted by atomic mass is 10.2. The second-order valence-corrected chi connectivity index (χ2v) is 8.53. The summed E-state index contributed by atoms with van der Waals surface area (Å²) in [6.07, 6.45) is -0.630. The topological polar surface area (TPSA) is 89.6 Å². The molecule has 0 aliphatic heterocycles. The molecule has 0 fully saturated rings. The molecule has 3 rings (SSSR count). The second kappa shape index (κ2) is 10.3. The van der Waals surface area contributed by atoms with E-state index in [-0.39, 0.29) is 11.8 Å². The van der Waals surface area contributed by atoms with Crippen molar-refractivity contribution < 1.29 is 19.1 Å². The van der Waals surface area contributed by atoms with Gasteiger partial charge >= 0.3 is 0 Å². The standard InChI is InChI=1S/C21H23N3O4S2/c1-13(28-11-15-5-4-6-16(9-15)27-3)20(26)24-21-23-18(12-29-21)19-8-7-17(30-19)10-22-14(2)25/h4-9,12-13H,10-11H2,1-3H3,(H,22,25)(H,23,24,26). The van der Waals surface area contributed by atoms with Gasteiger partial charge in [-0.05, 0) is 36.8 Å². The average Bonchev–Trinajstić information content (AvgIpc) is 3.40. The van der Waals surface area contributed by atoms with E-state index in [0.29, 0.717) is 18.3 Å². The van der Waals surface area contributed by atoms with Crippen molar-refractivity contribution in [2.45, 2.75) is 33.1 Å². The summed E-state index contributed by atoms with van der Waals surface area (Å²) in [6.45, 7) is 4.00. The minimum atomic E-state index is -0.630. The SMILES string of the molecule is COc1cccc(COC(C)C(=O)Nc2nc(-c3ccc(CNC(C)=O)s3)cs2)c1. The van der Waals surface area contributed by atoms with Gasteiger partial charge in [0.15, 0.2) is 5.13 Å². The van der Waals surface area contributed by atoms with E-state index in [1.807, 2.05) is 41.8 Å². The average molecular weight is 446 g/mol. The third-order valence-corrected chi connectivity index (χ3v) is 6.03. The predicted octanol–water partition coefficient (Wildman–Crippen LogP) is 4.06. The number of hydrogen-bond acceptors (Lipinski definition) is 7. The Kier molecular flexibility index (Phi) is 7.56. The maximum atomic E-state index is 12.4. The van der Waals surface area contributed by atoms with Crippen LogP contribution in [0.5, 0.6) is 5.75 Å². The summed E-state index contributed by atoms with van der Waals surface area (Å²) in [7, 11) is 1.61. The van der Waals surface area contributed by atoms with Crippen molar-refractivity contribution in [3.8, 4) is 16.3 Å². The fourth-order valence-corrected chi connectivity index (χ4v) is 4.23. The summed E-state index contributed by atoms with van der Waals surface area (Å²) in [5.41, 5.74) is 1.72. The molecule has 30 heavy (non-hydrogen) atoms. The van der Waals surface area contributed by atoms with Gasteiger partial charge in [0.1, 0.15) is 11.9 Å². The van der Waals surface area contributed by atoms with Gasteiger partial charge in [-0.3, -0.25) is 14.9 Å². The van der Waals surface area contributed by atoms with Crippen molar-refractivity contribution in [2.75, 3.05) is 12.4 Å². The minimum absolute atomic E-state index is 0.0636. The first-order valence-electron chi connectivity index (χ1n) is 9.29. The van der Waals surface area contributed by atoms with Crippen LogP contribution in [0, 0.1) is 0 Å². The summed E-state index contributed by atoms with van der Waals surface area (Å²) >= 11 is 2.92. The molecule has 0 saturated heterocycles. The van der Waals surface area contributed by atoms with Crippen LogP contribution in [0.25, 0.3) is 10.6 Å². The Labute approximate surface area is 183 Å². The maximum absolute atomic E-state index is 12.4. The van der Waals surface area contributed by atoms with Gasteiger partial charge in [0.2, 0.25) is 5.91 Å². The largest absolute Gasteiger partial charge is 0.497 e. The Morgan fingerprint density at radius 1 is 1.23 bits per heavy atom. The first kappa shape index (κ1) is 21.9. The first-order valence-corrected chi connectivity index (χ1v) is 11.0. The number of anilines is 1. The molecule has 7 nitrogen and oxygen atoms in total. The van der Waals surface area contributed by atoms with Gasteiger partial charge in [-0.2, -0.15) is 0 Å². The molecule has 1 atom stereocenters. The van der Waals surface area contributed by atoms with Crippen LogP contribution in [0.1, 0.15) is 24.3 Å². The molecule has 2 aromatic heterocycles. The van der Waals surface area contributed by atoms with Crippen molar-refractivity contribution >= 4 is 39.6 Å². The Balaban J connectivity index is 1.53. The maximum Gasteiger partial charge on any atom is 0.255 e. The number of carbonyl (C=O) groups excluding carboxylic acids is 2. The molecule has 1 aromatic carbocycles. The number of hydrogen-bond donors (Lipinski definition) is 2. The monoisotopic (exact) mass is 445 g/mol. The molecule has 0 spiro atoms. The van der Waals surface area contributed by atoms with Gasteiger partial charge in [-0.1, -0.05) is 12.1 Å². The van der Waals surface area contributed by atoms with Crippen LogP contribution in [0.3, 0.4) is 0 Å². The lowest BCUT2D eigenvalue weighted by Gasteiger charge is -2.12. The van der Waals surface area contributed by atoms with E-state index in [9.17, 15) is 9.59 Å². The zero-order valence-corrected chi connectivity index (χ0v) is 18.6. The number of nitrogens with zero attached hydrogens (tertiary/aromatic N) is 1. The van der Waals surface area contributed by atoms with E-state index in [2.05, 4.69) is 15.6 Å². The van der Waals surface area contributed by atoms with Crippen molar-refractivity contribution in [1.82, 2.24) is 10.3 Å². The van der Waals surface area contributed by atoms with Crippen LogP contribution < -0.4 is 15.4 Å². The molecule has 2 amide bonds. The number of rotatable bonds is 9. The number of amides is 2. The van der Waals surface area contributed by atoms with E-state index in [1.165, 1.54) is 18.3 Å². The van der Waals surface area contributed by atoms with Crippen LogP contribution in [-0.4, -0.2) is 30.0 Å². The van der Waals surface area contributed by atoms with E-state index in [1.54, 1.807) is 25.4 Å². The quantitative estimate of drug-likeness (QED) is 0.518. The molecule has 158 valence electrons. The number of nitrogens with one attached hydrogen (secondary N) is 2. The highest BCUT2D eigenvalue weighted by Crippen LogP contribution is 2.31. The summed E-state index contributed by atoms with van der Waals surface area (Å²) in [6, 6.07) is 11.5. The Morgan fingerprint density at radius 2 is 2.07 bits per heavy atom. The molecular formula is C21H23N3O4S2. The zero-order chi connectivity index (χ0) is 21.5. The van der Waals surface area contributed by atoms with Gasteiger partial charge < -0.3 is 14.8 Å². The van der Waals surface area contributed by atoms with Crippen molar-refractivity contribution in [1.29, 1.82) is 0 Å². The summed E-state index contributed by atoms with van der Waals surface area (Å²) in [5, 5.41) is 7.99. The molecular weight excluding hydrogens is 422 g/mol. The predicted molar refractivity (Wildman–Crippen MR) is 119 cm³/mol. The van der Waals surface area contributed by atoms with Crippen LogP contribution in [-0.2, 0) is 27.5 Å². The zero-order valence-electron chi connectivity index (χ0n) is 16.9. The molecule has 9 heteroatoms. The van der Waals surface area contributed by atoms with Gasteiger partial charge in [0.05, 0.1) is 30.8 Å². The smallest absolute Gasteiger partial charge is 0.255 e. The summed E-state index contributed by atoms with van der Waals surface area (Å²) in [4.78, 5) is 30.0. The highest BCUT2D eigenvalue weighted by molar-refractivity contribution is 7.17. The molecule has 0 bridgehead atoms. The van der Waals surface area contributed by atoms with E-state index in [0.717, 1.165) is 26.8 Å². The highest BCUT2D eigenvalue weighted by Gasteiger charge is 2.16.